The molecule has 0 aromatic carbocycles. The molecule has 12 heavy (non-hydrogen) atoms. The van der Waals surface area contributed by atoms with E-state index in [-0.39, 0.29) is 151 Å². The first kappa shape index (κ1) is 25.8. The molecule has 0 aromatic heterocycles. The van der Waals surface area contributed by atoms with Crippen LogP contribution in [0, 0.1) is 157 Å². The zero-order chi connectivity index (χ0) is 5.98. The Hall–Kier alpha value is 5.00. The van der Waals surface area contributed by atoms with Crippen LogP contribution in [0.4, 0.5) is 0 Å². The maximum atomic E-state index is 5.70. The van der Waals surface area contributed by atoms with Gasteiger partial charge in [-0.15, -0.1) is 0 Å². The van der Waals surface area contributed by atoms with E-state index in [1.54, 1.807) is 0 Å². The second kappa shape index (κ2) is 16.0. The topological polar surface area (TPSA) is 26.0 Å². The van der Waals surface area contributed by atoms with E-state index in [9.17, 15) is 0 Å². The van der Waals surface area contributed by atoms with E-state index < -0.39 is 0 Å². The molecule has 80 valence electrons. The van der Waals surface area contributed by atoms with Crippen LogP contribution in [0.2, 0.25) is 0 Å². The van der Waals surface area contributed by atoms with Gasteiger partial charge in [-0.1, -0.05) is 6.92 Å². The Morgan fingerprint density at radius 3 is 1.42 bits per heavy atom. The summed E-state index contributed by atoms with van der Waals surface area (Å²) in [5, 5.41) is 0. The Kier molecular flexibility index (Phi) is 34.3. The minimum absolute atomic E-state index is 0. The fraction of sp³-hybridized carbons (Fsp3) is 1.00. The van der Waals surface area contributed by atoms with Gasteiger partial charge in [0.05, 0.1) is 0 Å². The smallest absolute Gasteiger partial charge is 0.00390 e. The summed E-state index contributed by atoms with van der Waals surface area (Å²) in [4.78, 5) is 0. The van der Waals surface area contributed by atoms with Gasteiger partial charge in [0.15, 0.2) is 0 Å². The van der Waals surface area contributed by atoms with Crippen LogP contribution in [0.3, 0.4) is 0 Å². The van der Waals surface area contributed by atoms with Crippen LogP contribution in [0.1, 0.15) is 32.6 Å². The molecule has 0 saturated heterocycles. The van der Waals surface area contributed by atoms with Crippen LogP contribution in [0.5, 0.6) is 0 Å². The molecule has 5 heteroatoms. The van der Waals surface area contributed by atoms with Gasteiger partial charge in [-0.2, -0.15) is 0 Å². The molecule has 0 heterocycles. The van der Waals surface area contributed by atoms with E-state index in [2.05, 4.69) is 6.92 Å². The van der Waals surface area contributed by atoms with E-state index >= 15 is 0 Å². The summed E-state index contributed by atoms with van der Waals surface area (Å²) in [5.41, 5.74) is 5.70. The molecule has 1 aliphatic rings. The fourth-order valence-electron chi connectivity index (χ4n) is 1.29. The molecule has 1 fully saturated rings. The Bertz CT molecular complexity index is 63.8. The third kappa shape index (κ3) is 13.1. The Morgan fingerprint density at radius 1 is 0.833 bits per heavy atom. The molecule has 1 nitrogen and oxygen atoms in total. The summed E-state index contributed by atoms with van der Waals surface area (Å²) in [5.74, 6) is 0.940. The van der Waals surface area contributed by atoms with Crippen molar-refractivity contribution in [1.29, 1.82) is 0 Å². The molecule has 1 rings (SSSR count). The van der Waals surface area contributed by atoms with Gasteiger partial charge < -0.3 is 5.73 Å². The summed E-state index contributed by atoms with van der Waals surface area (Å²) in [6.07, 6.45) is 5.20. The molecule has 0 atom stereocenters. The van der Waals surface area contributed by atoms with Crippen molar-refractivity contribution in [3.63, 3.8) is 0 Å². The summed E-state index contributed by atoms with van der Waals surface area (Å²) in [6.45, 7) is 2.31. The Labute approximate surface area is 196 Å². The first-order valence-corrected chi connectivity index (χ1v) is 3.54. The summed E-state index contributed by atoms with van der Waals surface area (Å²) < 4.78 is 0. The molecule has 2 N–H and O–H groups in total. The van der Waals surface area contributed by atoms with E-state index in [0.29, 0.717) is 6.04 Å². The third-order valence-electron chi connectivity index (χ3n) is 2.06. The van der Waals surface area contributed by atoms with Crippen molar-refractivity contribution in [2.24, 2.45) is 11.7 Å². The molecule has 0 bridgehead atoms. The van der Waals surface area contributed by atoms with Crippen LogP contribution in [0.15, 0.2) is 0 Å². The molecular weight excluding hydrogens is 258 g/mol. The first-order chi connectivity index (χ1) is 3.79. The molecule has 0 amide bonds. The zero-order valence-electron chi connectivity index (χ0n) is 6.97. The molecule has 0 unspecified atom stereocenters. The Morgan fingerprint density at radius 2 is 1.17 bits per heavy atom. The summed E-state index contributed by atoms with van der Waals surface area (Å²) in [7, 11) is 0. The maximum absolute atomic E-state index is 5.70. The molecular formula is C7H15Ar4N. The van der Waals surface area contributed by atoms with Crippen molar-refractivity contribution in [3.05, 3.63) is 0 Å². The van der Waals surface area contributed by atoms with Crippen LogP contribution in [0.25, 0.3) is 0 Å². The van der Waals surface area contributed by atoms with E-state index in [4.69, 9.17) is 5.73 Å². The van der Waals surface area contributed by atoms with Crippen molar-refractivity contribution < 1.29 is 151 Å². The number of hydrogen-bond acceptors (Lipinski definition) is 1. The van der Waals surface area contributed by atoms with Gasteiger partial charge in [0, 0.05) is 157 Å². The van der Waals surface area contributed by atoms with Crippen LogP contribution >= 0.6 is 0 Å². The number of rotatable bonds is 0. The van der Waals surface area contributed by atoms with Crippen LogP contribution in [-0.2, 0) is 0 Å². The van der Waals surface area contributed by atoms with E-state index in [1.807, 2.05) is 0 Å². The second-order valence-corrected chi connectivity index (χ2v) is 3.02. The predicted molar refractivity (Wildman–Crippen MR) is 35.6 cm³/mol. The zero-order valence-corrected chi connectivity index (χ0v) is 9.80. The molecule has 0 spiro atoms. The molecule has 0 radical (unpaired) electrons. The quantitative estimate of drug-likeness (QED) is 0.711. The predicted octanol–water partition coefficient (Wildman–Crippen LogP) is 1.52. The first-order valence-electron chi connectivity index (χ1n) is 3.54. The standard InChI is InChI=1S/C7H15N.4Ar/c1-6-2-4-7(8)5-3-6;;;;/h6-7H,2-5,8H2,1H3;;;;. The van der Waals surface area contributed by atoms with Crippen molar-refractivity contribution in [3.8, 4) is 0 Å². The van der Waals surface area contributed by atoms with Gasteiger partial charge in [0.2, 0.25) is 0 Å². The van der Waals surface area contributed by atoms with E-state index in [0.717, 1.165) is 5.92 Å². The summed E-state index contributed by atoms with van der Waals surface area (Å²) in [6, 6.07) is 0.520. The molecule has 1 saturated carbocycles. The maximum Gasteiger partial charge on any atom is 0.00390 e. The minimum Gasteiger partial charge on any atom is -0.328 e. The normalized spacial score (nSPS) is 26.5. The van der Waals surface area contributed by atoms with Crippen molar-refractivity contribution >= 4 is 0 Å². The fourth-order valence-corrected chi connectivity index (χ4v) is 1.29. The monoisotopic (exact) mass is 273 g/mol. The van der Waals surface area contributed by atoms with Gasteiger partial charge in [-0.05, 0) is 31.6 Å². The van der Waals surface area contributed by atoms with Gasteiger partial charge in [0.1, 0.15) is 0 Å². The van der Waals surface area contributed by atoms with Crippen molar-refractivity contribution in [2.45, 2.75) is 38.6 Å². The third-order valence-corrected chi connectivity index (χ3v) is 2.06. The number of nitrogens with two attached hydrogens (primary N) is 1. The average Bonchev–Trinajstić information content (AvgIpc) is 1.77. The summed E-state index contributed by atoms with van der Waals surface area (Å²) >= 11 is 0. The second-order valence-electron chi connectivity index (χ2n) is 3.02. The van der Waals surface area contributed by atoms with Gasteiger partial charge in [-0.25, -0.2) is 0 Å². The largest absolute Gasteiger partial charge is 0.328 e. The van der Waals surface area contributed by atoms with Crippen LogP contribution in [-0.4, -0.2) is 6.04 Å². The number of hydrogen-bond donors (Lipinski definition) is 1. The van der Waals surface area contributed by atoms with Gasteiger partial charge >= 0.3 is 0 Å². The SMILES string of the molecule is CC1CCC(N)CC1.[Ar].[Ar].[Ar].[Ar]. The van der Waals surface area contributed by atoms with Crippen LogP contribution < -0.4 is 5.73 Å². The Balaban J connectivity index is -0.0000000800. The molecule has 1 aliphatic carbocycles. The minimum atomic E-state index is 0. The molecule has 0 aromatic rings. The van der Waals surface area contributed by atoms with Gasteiger partial charge in [0.25, 0.3) is 0 Å². The van der Waals surface area contributed by atoms with E-state index in [1.165, 1.54) is 25.7 Å². The average molecular weight is 273 g/mol. The van der Waals surface area contributed by atoms with Crippen molar-refractivity contribution in [2.75, 3.05) is 0 Å². The van der Waals surface area contributed by atoms with Gasteiger partial charge in [-0.3, -0.25) is 0 Å². The van der Waals surface area contributed by atoms with Crippen molar-refractivity contribution in [1.82, 2.24) is 0 Å². The molecule has 0 aliphatic heterocycles.